The summed E-state index contributed by atoms with van der Waals surface area (Å²) in [6.45, 7) is 4.36. The van der Waals surface area contributed by atoms with Crippen molar-refractivity contribution in [3.8, 4) is 0 Å². The van der Waals surface area contributed by atoms with E-state index in [-0.39, 0.29) is 5.41 Å². The molecule has 0 bridgehead atoms. The highest BCUT2D eigenvalue weighted by molar-refractivity contribution is 5.75. The number of allylic oxidation sites excluding steroid dienone is 2. The lowest BCUT2D eigenvalue weighted by molar-refractivity contribution is -0.160. The summed E-state index contributed by atoms with van der Waals surface area (Å²) in [5.74, 6) is 0.524. The Morgan fingerprint density at radius 2 is 2.00 bits per heavy atom. The van der Waals surface area contributed by atoms with E-state index in [9.17, 15) is 9.90 Å². The molecular formula is C17H26O2. The number of carbonyl (C=O) groups is 1. The molecule has 4 atom stereocenters. The van der Waals surface area contributed by atoms with Crippen LogP contribution in [-0.2, 0) is 4.79 Å². The highest BCUT2D eigenvalue weighted by Crippen LogP contribution is 2.62. The number of hydrogen-bond acceptors (Lipinski definition) is 1. The van der Waals surface area contributed by atoms with Gasteiger partial charge in [0.05, 0.1) is 5.41 Å². The third kappa shape index (κ3) is 1.79. The van der Waals surface area contributed by atoms with E-state index in [1.54, 1.807) is 5.57 Å². The van der Waals surface area contributed by atoms with Crippen LogP contribution >= 0.6 is 0 Å². The second-order valence-corrected chi connectivity index (χ2v) is 7.41. The number of carboxylic acids is 1. The second kappa shape index (κ2) is 4.36. The van der Waals surface area contributed by atoms with E-state index in [0.29, 0.717) is 5.92 Å². The maximum absolute atomic E-state index is 11.8. The summed E-state index contributed by atoms with van der Waals surface area (Å²) >= 11 is 0. The van der Waals surface area contributed by atoms with E-state index >= 15 is 0 Å². The molecule has 3 rings (SSSR count). The van der Waals surface area contributed by atoms with E-state index < -0.39 is 11.4 Å². The number of carboxylic acid groups (broad SMARTS) is 1. The first kappa shape index (κ1) is 13.2. The van der Waals surface area contributed by atoms with Crippen molar-refractivity contribution in [2.45, 2.75) is 65.2 Å². The predicted molar refractivity (Wildman–Crippen MR) is 75.8 cm³/mol. The Hall–Kier alpha value is -0.790. The fourth-order valence-electron chi connectivity index (χ4n) is 5.42. The standard InChI is InChI=1S/C17H26O2/c1-16-10-5-11-17(2,15(18)19)14(16)9-8-12-6-3-4-7-13(12)16/h7,12,14H,3-6,8-11H2,1-2H3,(H,18,19)/t12?,14?,16-,17+/m0/s1. The lowest BCUT2D eigenvalue weighted by atomic mass is 9.47. The largest absolute Gasteiger partial charge is 0.481 e. The zero-order chi connectivity index (χ0) is 13.7. The first-order valence-electron chi connectivity index (χ1n) is 7.92. The summed E-state index contributed by atoms with van der Waals surface area (Å²) in [7, 11) is 0. The Morgan fingerprint density at radius 3 is 2.74 bits per heavy atom. The molecule has 3 aliphatic carbocycles. The SMILES string of the molecule is C[C@@]1(C(=O)O)CCC[C@@]2(C)C3=CCCCC3CCC12. The van der Waals surface area contributed by atoms with E-state index in [1.165, 1.54) is 32.1 Å². The second-order valence-electron chi connectivity index (χ2n) is 7.41. The van der Waals surface area contributed by atoms with Gasteiger partial charge >= 0.3 is 5.97 Å². The first-order valence-corrected chi connectivity index (χ1v) is 7.92. The summed E-state index contributed by atoms with van der Waals surface area (Å²) in [5.41, 5.74) is 1.28. The van der Waals surface area contributed by atoms with Gasteiger partial charge in [-0.15, -0.1) is 0 Å². The van der Waals surface area contributed by atoms with Gasteiger partial charge in [0.1, 0.15) is 0 Å². The van der Waals surface area contributed by atoms with Gasteiger partial charge in [0.2, 0.25) is 0 Å². The molecule has 0 aliphatic heterocycles. The van der Waals surface area contributed by atoms with Crippen LogP contribution in [0.4, 0.5) is 0 Å². The molecule has 0 aromatic rings. The summed E-state index contributed by atoms with van der Waals surface area (Å²) in [6, 6.07) is 0. The van der Waals surface area contributed by atoms with Crippen molar-refractivity contribution in [3.05, 3.63) is 11.6 Å². The molecule has 3 aliphatic rings. The Morgan fingerprint density at radius 1 is 1.21 bits per heavy atom. The highest BCUT2D eigenvalue weighted by Gasteiger charge is 2.56. The van der Waals surface area contributed by atoms with Gasteiger partial charge in [0.25, 0.3) is 0 Å². The van der Waals surface area contributed by atoms with Crippen LogP contribution in [0.1, 0.15) is 65.2 Å². The van der Waals surface area contributed by atoms with Gasteiger partial charge in [0, 0.05) is 0 Å². The van der Waals surface area contributed by atoms with Crippen molar-refractivity contribution in [2.75, 3.05) is 0 Å². The van der Waals surface area contributed by atoms with Crippen molar-refractivity contribution in [1.29, 1.82) is 0 Å². The predicted octanol–water partition coefficient (Wildman–Crippen LogP) is 4.40. The van der Waals surface area contributed by atoms with Crippen LogP contribution in [0.2, 0.25) is 0 Å². The zero-order valence-corrected chi connectivity index (χ0v) is 12.2. The average molecular weight is 262 g/mol. The average Bonchev–Trinajstić information content (AvgIpc) is 2.38. The lowest BCUT2D eigenvalue weighted by Crippen LogP contribution is -2.52. The van der Waals surface area contributed by atoms with Gasteiger partial charge in [-0.2, -0.15) is 0 Å². The minimum atomic E-state index is -0.571. The Bertz CT molecular complexity index is 425. The molecular weight excluding hydrogens is 236 g/mol. The van der Waals surface area contributed by atoms with Crippen molar-refractivity contribution in [1.82, 2.24) is 0 Å². The molecule has 1 N–H and O–H groups in total. The molecule has 0 aromatic heterocycles. The molecule has 0 heterocycles. The van der Waals surface area contributed by atoms with Gasteiger partial charge in [-0.25, -0.2) is 0 Å². The molecule has 0 radical (unpaired) electrons. The van der Waals surface area contributed by atoms with E-state index in [1.807, 2.05) is 6.92 Å². The van der Waals surface area contributed by atoms with Crippen molar-refractivity contribution in [3.63, 3.8) is 0 Å². The quantitative estimate of drug-likeness (QED) is 0.711. The molecule has 0 amide bonds. The molecule has 2 unspecified atom stereocenters. The van der Waals surface area contributed by atoms with Crippen molar-refractivity contribution >= 4 is 5.97 Å². The third-order valence-corrected chi connectivity index (χ3v) is 6.44. The fraction of sp³-hybridized carbons (Fsp3) is 0.824. The minimum Gasteiger partial charge on any atom is -0.481 e. The zero-order valence-electron chi connectivity index (χ0n) is 12.2. The van der Waals surface area contributed by atoms with Crippen LogP contribution in [0.25, 0.3) is 0 Å². The Labute approximate surface area is 116 Å². The van der Waals surface area contributed by atoms with Gasteiger partial charge < -0.3 is 5.11 Å². The monoisotopic (exact) mass is 262 g/mol. The summed E-state index contributed by atoms with van der Waals surface area (Å²) in [4.78, 5) is 11.8. The number of aliphatic carboxylic acids is 1. The Kier molecular flexibility index (Phi) is 3.03. The van der Waals surface area contributed by atoms with Crippen LogP contribution in [0.3, 0.4) is 0 Å². The van der Waals surface area contributed by atoms with Gasteiger partial charge in [0.15, 0.2) is 0 Å². The summed E-state index contributed by atoms with van der Waals surface area (Å²) in [6.07, 6.45) is 11.8. The van der Waals surface area contributed by atoms with Gasteiger partial charge in [-0.1, -0.05) is 25.0 Å². The third-order valence-electron chi connectivity index (χ3n) is 6.44. The van der Waals surface area contributed by atoms with Crippen LogP contribution in [0.5, 0.6) is 0 Å². The normalized spacial score (nSPS) is 45.9. The van der Waals surface area contributed by atoms with E-state index in [0.717, 1.165) is 25.2 Å². The Balaban J connectivity index is 2.01. The molecule has 19 heavy (non-hydrogen) atoms. The molecule has 0 saturated heterocycles. The first-order chi connectivity index (χ1) is 8.98. The van der Waals surface area contributed by atoms with Crippen molar-refractivity contribution < 1.29 is 9.90 Å². The number of rotatable bonds is 1. The maximum atomic E-state index is 11.8. The van der Waals surface area contributed by atoms with Gasteiger partial charge in [-0.05, 0) is 69.1 Å². The molecule has 2 heteroatoms. The molecule has 0 spiro atoms. The molecule has 2 nitrogen and oxygen atoms in total. The minimum absolute atomic E-state index is 0.161. The molecule has 2 fully saturated rings. The molecule has 106 valence electrons. The number of hydrogen-bond donors (Lipinski definition) is 1. The van der Waals surface area contributed by atoms with E-state index in [4.69, 9.17) is 0 Å². The van der Waals surface area contributed by atoms with Crippen LogP contribution in [0, 0.1) is 22.7 Å². The lowest BCUT2D eigenvalue weighted by Gasteiger charge is -2.56. The number of fused-ring (bicyclic) bond motifs is 3. The molecule has 0 aromatic carbocycles. The van der Waals surface area contributed by atoms with Crippen LogP contribution in [0.15, 0.2) is 11.6 Å². The maximum Gasteiger partial charge on any atom is 0.309 e. The van der Waals surface area contributed by atoms with Gasteiger partial charge in [-0.3, -0.25) is 4.79 Å². The molecule has 2 saturated carbocycles. The summed E-state index contributed by atoms with van der Waals surface area (Å²) in [5, 5.41) is 9.73. The fourth-order valence-corrected chi connectivity index (χ4v) is 5.42. The van der Waals surface area contributed by atoms with E-state index in [2.05, 4.69) is 13.0 Å². The van der Waals surface area contributed by atoms with Crippen LogP contribution in [-0.4, -0.2) is 11.1 Å². The van der Waals surface area contributed by atoms with Crippen LogP contribution < -0.4 is 0 Å². The topological polar surface area (TPSA) is 37.3 Å². The van der Waals surface area contributed by atoms with Crippen molar-refractivity contribution in [2.24, 2.45) is 22.7 Å². The smallest absolute Gasteiger partial charge is 0.309 e. The highest BCUT2D eigenvalue weighted by atomic mass is 16.4. The summed E-state index contributed by atoms with van der Waals surface area (Å²) < 4.78 is 0.